The quantitative estimate of drug-likeness (QED) is 0.676. The number of carbonyl (C=O) groups is 1. The van der Waals surface area contributed by atoms with E-state index >= 15 is 0 Å². The van der Waals surface area contributed by atoms with Gasteiger partial charge in [0.1, 0.15) is 5.71 Å². The van der Waals surface area contributed by atoms with Crippen LogP contribution in [0.25, 0.3) is 0 Å². The number of alkyl halides is 3. The fraction of sp³-hybridized carbons (Fsp3) is 0.467. The minimum absolute atomic E-state index is 0.167. The second-order valence-corrected chi connectivity index (χ2v) is 7.66. The third-order valence-corrected chi connectivity index (χ3v) is 4.52. The van der Waals surface area contributed by atoms with Crippen molar-refractivity contribution in [3.8, 4) is 0 Å². The number of benzene rings is 1. The molecule has 1 amide bonds. The highest BCUT2D eigenvalue weighted by Gasteiger charge is 2.57. The summed E-state index contributed by atoms with van der Waals surface area (Å²) in [6.07, 6.45) is -5.45. The van der Waals surface area contributed by atoms with Crippen LogP contribution in [-0.4, -0.2) is 33.6 Å². The van der Waals surface area contributed by atoms with Crippen LogP contribution in [0.5, 0.6) is 0 Å². The van der Waals surface area contributed by atoms with Gasteiger partial charge in [0.05, 0.1) is 0 Å². The maximum absolute atomic E-state index is 13.0. The number of hydrogen-bond donors (Lipinski definition) is 1. The molecule has 23 heavy (non-hydrogen) atoms. The summed E-state index contributed by atoms with van der Waals surface area (Å²) in [5, 5.41) is 14.8. The predicted octanol–water partition coefficient (Wildman–Crippen LogP) is 3.79. The third kappa shape index (κ3) is 3.37. The van der Waals surface area contributed by atoms with Gasteiger partial charge in [0.15, 0.2) is 5.72 Å². The lowest BCUT2D eigenvalue weighted by atomic mass is 9.80. The van der Waals surface area contributed by atoms with Gasteiger partial charge in [-0.15, -0.1) is 0 Å². The van der Waals surface area contributed by atoms with Crippen LogP contribution in [0.3, 0.4) is 0 Å². The van der Waals surface area contributed by atoms with E-state index in [0.29, 0.717) is 5.01 Å². The Bertz CT molecular complexity index is 650. The molecule has 0 aliphatic carbocycles. The molecule has 0 saturated heterocycles. The van der Waals surface area contributed by atoms with Crippen LogP contribution >= 0.6 is 22.6 Å². The number of aliphatic hydroxyl groups is 1. The lowest BCUT2D eigenvalue weighted by Crippen LogP contribution is -2.55. The lowest BCUT2D eigenvalue weighted by molar-refractivity contribution is -0.144. The zero-order valence-electron chi connectivity index (χ0n) is 12.8. The molecule has 1 aromatic rings. The van der Waals surface area contributed by atoms with Gasteiger partial charge in [-0.25, -0.2) is 0 Å². The van der Waals surface area contributed by atoms with E-state index in [1.807, 2.05) is 0 Å². The van der Waals surface area contributed by atoms with Crippen LogP contribution in [0.1, 0.15) is 37.6 Å². The molecule has 0 radical (unpaired) electrons. The largest absolute Gasteiger partial charge is 0.431 e. The Morgan fingerprint density at radius 1 is 1.26 bits per heavy atom. The van der Waals surface area contributed by atoms with Gasteiger partial charge in [-0.05, 0) is 46.9 Å². The average molecular weight is 440 g/mol. The summed E-state index contributed by atoms with van der Waals surface area (Å²) in [7, 11) is 0. The number of halogens is 4. The highest BCUT2D eigenvalue weighted by Crippen LogP contribution is 2.44. The summed E-state index contributed by atoms with van der Waals surface area (Å²) in [5.74, 6) is -0.766. The Kier molecular flexibility index (Phi) is 4.53. The van der Waals surface area contributed by atoms with Gasteiger partial charge in [0, 0.05) is 21.0 Å². The van der Waals surface area contributed by atoms with Gasteiger partial charge < -0.3 is 5.11 Å². The molecule has 2 rings (SSSR count). The average Bonchev–Trinajstić information content (AvgIpc) is 2.78. The Hall–Kier alpha value is -1.16. The second kappa shape index (κ2) is 5.73. The van der Waals surface area contributed by atoms with Crippen molar-refractivity contribution in [2.45, 2.75) is 39.1 Å². The SMILES string of the molecule is CC(C)(C)[C@]1(O)CC(C(F)(F)F)=NN1C(=O)c1ccc(I)cc1. The number of carbonyl (C=O) groups excluding carboxylic acids is 1. The molecule has 0 bridgehead atoms. The topological polar surface area (TPSA) is 52.9 Å². The molecule has 4 nitrogen and oxygen atoms in total. The molecule has 0 aromatic heterocycles. The zero-order chi connectivity index (χ0) is 17.6. The summed E-state index contributed by atoms with van der Waals surface area (Å²) in [4.78, 5) is 12.6. The molecule has 1 atom stereocenters. The minimum atomic E-state index is -4.69. The van der Waals surface area contributed by atoms with E-state index in [9.17, 15) is 23.1 Å². The van der Waals surface area contributed by atoms with Crippen molar-refractivity contribution in [3.63, 3.8) is 0 Å². The molecular weight excluding hydrogens is 424 g/mol. The summed E-state index contributed by atoms with van der Waals surface area (Å²) in [5.41, 5.74) is -4.05. The maximum Gasteiger partial charge on any atom is 0.431 e. The Labute approximate surface area is 145 Å². The van der Waals surface area contributed by atoms with Crippen LogP contribution in [0.4, 0.5) is 13.2 Å². The third-order valence-electron chi connectivity index (χ3n) is 3.80. The summed E-state index contributed by atoms with van der Waals surface area (Å²) >= 11 is 2.05. The Balaban J connectivity index is 2.48. The van der Waals surface area contributed by atoms with E-state index in [1.54, 1.807) is 32.9 Å². The first-order valence-corrected chi connectivity index (χ1v) is 7.91. The molecular formula is C15H16F3IN2O2. The van der Waals surface area contributed by atoms with Crippen molar-refractivity contribution in [2.75, 3.05) is 0 Å². The van der Waals surface area contributed by atoms with Crippen molar-refractivity contribution >= 4 is 34.2 Å². The van der Waals surface area contributed by atoms with Gasteiger partial charge in [0.2, 0.25) is 0 Å². The fourth-order valence-corrected chi connectivity index (χ4v) is 2.57. The van der Waals surface area contributed by atoms with E-state index in [0.717, 1.165) is 3.57 Å². The molecule has 1 aliphatic heterocycles. The van der Waals surface area contributed by atoms with Crippen LogP contribution in [0.2, 0.25) is 0 Å². The summed E-state index contributed by atoms with van der Waals surface area (Å²) in [6.45, 7) is 4.70. The molecule has 1 aromatic carbocycles. The molecule has 0 fully saturated rings. The van der Waals surface area contributed by atoms with Crippen LogP contribution in [0.15, 0.2) is 29.4 Å². The smallest absolute Gasteiger partial charge is 0.368 e. The summed E-state index contributed by atoms with van der Waals surface area (Å²) < 4.78 is 39.9. The molecule has 1 aliphatic rings. The molecule has 126 valence electrons. The Morgan fingerprint density at radius 2 is 1.78 bits per heavy atom. The monoisotopic (exact) mass is 440 g/mol. The first kappa shape index (κ1) is 18.2. The van der Waals surface area contributed by atoms with Crippen molar-refractivity contribution in [1.29, 1.82) is 0 Å². The van der Waals surface area contributed by atoms with Crippen molar-refractivity contribution in [3.05, 3.63) is 33.4 Å². The first-order valence-electron chi connectivity index (χ1n) is 6.83. The van der Waals surface area contributed by atoms with E-state index < -0.39 is 35.4 Å². The standard InChI is InChI=1S/C15H16F3IN2O2/c1-13(2,3)14(23)8-11(15(16,17)18)20-21(14)12(22)9-4-6-10(19)7-5-9/h4-7,23H,8H2,1-3H3/t14-/m1/s1. The van der Waals surface area contributed by atoms with Gasteiger partial charge in [0.25, 0.3) is 5.91 Å². The number of hydrazone groups is 1. The fourth-order valence-electron chi connectivity index (χ4n) is 2.22. The van der Waals surface area contributed by atoms with E-state index in [1.165, 1.54) is 12.1 Å². The van der Waals surface area contributed by atoms with Crippen molar-refractivity contribution < 1.29 is 23.1 Å². The molecule has 8 heteroatoms. The van der Waals surface area contributed by atoms with Crippen LogP contribution in [-0.2, 0) is 0 Å². The normalized spacial score (nSPS) is 22.3. The Morgan fingerprint density at radius 3 is 2.22 bits per heavy atom. The minimum Gasteiger partial charge on any atom is -0.368 e. The predicted molar refractivity (Wildman–Crippen MR) is 87.8 cm³/mol. The van der Waals surface area contributed by atoms with Crippen molar-refractivity contribution in [1.82, 2.24) is 5.01 Å². The highest BCUT2D eigenvalue weighted by molar-refractivity contribution is 14.1. The van der Waals surface area contributed by atoms with E-state index in [-0.39, 0.29) is 5.56 Å². The van der Waals surface area contributed by atoms with Crippen LogP contribution in [0, 0.1) is 8.99 Å². The lowest BCUT2D eigenvalue weighted by Gasteiger charge is -2.41. The second-order valence-electron chi connectivity index (χ2n) is 6.41. The zero-order valence-corrected chi connectivity index (χ0v) is 14.9. The van der Waals surface area contributed by atoms with Gasteiger partial charge >= 0.3 is 6.18 Å². The summed E-state index contributed by atoms with van der Waals surface area (Å²) in [6, 6.07) is 6.31. The van der Waals surface area contributed by atoms with Crippen molar-refractivity contribution in [2.24, 2.45) is 10.5 Å². The number of nitrogens with zero attached hydrogens (tertiary/aromatic N) is 2. The molecule has 0 unspecified atom stereocenters. The molecule has 1 heterocycles. The van der Waals surface area contributed by atoms with E-state index in [4.69, 9.17) is 0 Å². The maximum atomic E-state index is 13.0. The van der Waals surface area contributed by atoms with Gasteiger partial charge in [-0.1, -0.05) is 20.8 Å². The number of amides is 1. The van der Waals surface area contributed by atoms with Crippen LogP contribution < -0.4 is 0 Å². The van der Waals surface area contributed by atoms with Gasteiger partial charge in [-0.3, -0.25) is 4.79 Å². The number of rotatable bonds is 1. The molecule has 0 spiro atoms. The number of hydrogen-bond acceptors (Lipinski definition) is 3. The van der Waals surface area contributed by atoms with E-state index in [2.05, 4.69) is 27.7 Å². The highest BCUT2D eigenvalue weighted by atomic mass is 127. The molecule has 1 N–H and O–H groups in total. The molecule has 0 saturated carbocycles. The van der Waals surface area contributed by atoms with Gasteiger partial charge in [-0.2, -0.15) is 23.3 Å². The first-order chi connectivity index (χ1) is 10.4.